The minimum Gasteiger partial charge on any atom is -1.00 e. The van der Waals surface area contributed by atoms with Crippen LogP contribution >= 0.6 is 0 Å². The van der Waals surface area contributed by atoms with Crippen molar-refractivity contribution in [1.82, 2.24) is 0 Å². The van der Waals surface area contributed by atoms with Crippen molar-refractivity contribution in [3.8, 4) is 0 Å². The molecule has 28 heavy (non-hydrogen) atoms. The Morgan fingerprint density at radius 2 is 1.07 bits per heavy atom. The molecule has 0 bridgehead atoms. The van der Waals surface area contributed by atoms with Gasteiger partial charge in [0.15, 0.2) is 0 Å². The number of hydrogen-bond acceptors (Lipinski definition) is 0. The first-order chi connectivity index (χ1) is 12.5. The molecule has 0 N–H and O–H groups in total. The molecule has 0 fully saturated rings. The SMILES string of the molecule is CC[Si](=[Hf+2])CC.Cc1cc2ccccc2[cH-]1.Cc1cc2ccccc2[cH-]1.[Br-].[Br-]. The Kier molecular flexibility index (Phi) is 14.5. The zero-order chi connectivity index (χ0) is 18.9. The summed E-state index contributed by atoms with van der Waals surface area (Å²) in [5.74, 6) is 0. The topological polar surface area (TPSA) is 0 Å². The summed E-state index contributed by atoms with van der Waals surface area (Å²) in [4.78, 5) is 0. The summed E-state index contributed by atoms with van der Waals surface area (Å²) < 4.78 is 0. The maximum absolute atomic E-state index is 2.31. The largest absolute Gasteiger partial charge is 1.00 e. The van der Waals surface area contributed by atoms with E-state index in [9.17, 15) is 0 Å². The van der Waals surface area contributed by atoms with Gasteiger partial charge in [-0.15, -0.1) is 81.2 Å². The molecule has 4 aromatic rings. The van der Waals surface area contributed by atoms with Gasteiger partial charge >= 0.3 is 54.4 Å². The Morgan fingerprint density at radius 3 is 1.36 bits per heavy atom. The molecule has 4 aromatic carbocycles. The van der Waals surface area contributed by atoms with Crippen molar-refractivity contribution < 1.29 is 57.0 Å². The summed E-state index contributed by atoms with van der Waals surface area (Å²) in [6.07, 6.45) is 0. The number of aryl methyl sites for hydroxylation is 2. The zero-order valence-electron chi connectivity index (χ0n) is 17.1. The Bertz CT molecular complexity index is 825. The van der Waals surface area contributed by atoms with Crippen molar-refractivity contribution in [3.05, 3.63) is 83.9 Å². The first-order valence-corrected chi connectivity index (χ1v) is 16.6. The molecule has 0 atom stereocenters. The Labute approximate surface area is 206 Å². The quantitative estimate of drug-likeness (QED) is 0.221. The molecule has 0 unspecified atom stereocenters. The minimum absolute atomic E-state index is 0. The second-order valence-electron chi connectivity index (χ2n) is 6.63. The fourth-order valence-corrected chi connectivity index (χ4v) is 3.36. The van der Waals surface area contributed by atoms with Gasteiger partial charge < -0.3 is 34.0 Å². The summed E-state index contributed by atoms with van der Waals surface area (Å²) in [5.41, 5.74) is 2.97. The van der Waals surface area contributed by atoms with Gasteiger partial charge in [0, 0.05) is 0 Å². The van der Waals surface area contributed by atoms with E-state index in [0.717, 1.165) is 0 Å². The van der Waals surface area contributed by atoms with Crippen LogP contribution in [-0.4, -0.2) is 5.49 Å². The van der Waals surface area contributed by atoms with E-state index in [0.29, 0.717) is 0 Å². The normalized spacial score (nSPS) is 9.36. The van der Waals surface area contributed by atoms with Crippen molar-refractivity contribution in [2.24, 2.45) is 0 Å². The standard InChI is InChI=1S/2C10H9.C4H10Si.2BrH.Hf/c2*1-8-6-9-4-2-3-5-10(9)7-8;1-3-5-4-2;;;/h2*2-7H,1H3;3-4H2,1-2H3;2*1H;/q2*-1;;;;+2/p-2. The molecule has 0 amide bonds. The van der Waals surface area contributed by atoms with E-state index in [1.165, 1.54) is 67.8 Å². The average Bonchev–Trinajstić information content (AvgIpc) is 3.22. The fraction of sp³-hybridized carbons (Fsp3) is 0.250. The van der Waals surface area contributed by atoms with Crippen LogP contribution in [0.4, 0.5) is 0 Å². The van der Waals surface area contributed by atoms with Crippen LogP contribution in [0.3, 0.4) is 0 Å². The maximum atomic E-state index is 2.31. The first kappa shape index (κ1) is 27.7. The van der Waals surface area contributed by atoms with Gasteiger partial charge in [-0.2, -0.15) is 12.1 Å². The van der Waals surface area contributed by atoms with Gasteiger partial charge in [0.05, 0.1) is 0 Å². The van der Waals surface area contributed by atoms with Crippen LogP contribution in [0, 0.1) is 13.8 Å². The third kappa shape index (κ3) is 9.02. The monoisotopic (exact) mass is 682 g/mol. The molecule has 4 heteroatoms. The smallest absolute Gasteiger partial charge is 0.0579 e. The second kappa shape index (κ2) is 14.7. The molecule has 0 heterocycles. The third-order valence-electron chi connectivity index (χ3n) is 4.38. The number of fused-ring (bicyclic) bond motifs is 2. The summed E-state index contributed by atoms with van der Waals surface area (Å²) >= 11 is 1.49. The third-order valence-corrected chi connectivity index (χ3v) is 13.7. The predicted molar refractivity (Wildman–Crippen MR) is 115 cm³/mol. The van der Waals surface area contributed by atoms with E-state index in [1.807, 2.05) is 0 Å². The van der Waals surface area contributed by atoms with Gasteiger partial charge in [-0.25, -0.2) is 0 Å². The van der Waals surface area contributed by atoms with Gasteiger partial charge in [0.25, 0.3) is 0 Å². The molecule has 0 saturated heterocycles. The maximum Gasteiger partial charge on any atom is -0.0579 e. The van der Waals surface area contributed by atoms with Crippen molar-refractivity contribution in [2.45, 2.75) is 39.8 Å². The second-order valence-corrected chi connectivity index (χ2v) is 16.9. The van der Waals surface area contributed by atoms with Crippen LogP contribution in [0.5, 0.6) is 0 Å². The molecule has 0 saturated carbocycles. The van der Waals surface area contributed by atoms with Gasteiger partial charge in [-0.3, -0.25) is 0 Å². The molecule has 0 aromatic heterocycles. The molecular weight excluding hydrogens is 655 g/mol. The predicted octanol–water partition coefficient (Wildman–Crippen LogP) is 1.31. The summed E-state index contributed by atoms with van der Waals surface area (Å²) in [7, 11) is 0. The number of rotatable bonds is 2. The molecule has 0 aliphatic heterocycles. The van der Waals surface area contributed by atoms with E-state index < -0.39 is 0 Å². The first-order valence-electron chi connectivity index (χ1n) is 9.34. The average molecular weight is 683 g/mol. The van der Waals surface area contributed by atoms with Crippen LogP contribution in [0.2, 0.25) is 12.1 Å². The minimum atomic E-state index is 0. The van der Waals surface area contributed by atoms with Crippen LogP contribution in [0.25, 0.3) is 21.5 Å². The van der Waals surface area contributed by atoms with Gasteiger partial charge in [0.2, 0.25) is 0 Å². The van der Waals surface area contributed by atoms with Crippen LogP contribution in [0.15, 0.2) is 72.8 Å². The molecule has 4 rings (SSSR count). The van der Waals surface area contributed by atoms with E-state index >= 15 is 0 Å². The molecule has 0 spiro atoms. The number of benzene rings is 2. The number of hydrogen-bond donors (Lipinski definition) is 0. The Balaban J connectivity index is 0.000000391. The van der Waals surface area contributed by atoms with E-state index in [4.69, 9.17) is 0 Å². The van der Waals surface area contributed by atoms with Crippen molar-refractivity contribution >= 4 is 27.0 Å². The Hall–Kier alpha value is -0.293. The Morgan fingerprint density at radius 1 is 0.714 bits per heavy atom. The van der Waals surface area contributed by atoms with Gasteiger partial charge in [-0.05, 0) is 0 Å². The summed E-state index contributed by atoms with van der Waals surface area (Å²) in [6, 6.07) is 28.7. The zero-order valence-corrected chi connectivity index (χ0v) is 24.9. The molecule has 0 aliphatic carbocycles. The molecule has 148 valence electrons. The molecule has 0 nitrogen and oxygen atoms in total. The van der Waals surface area contributed by atoms with E-state index in [1.54, 1.807) is 0 Å². The van der Waals surface area contributed by atoms with Crippen molar-refractivity contribution in [3.63, 3.8) is 0 Å². The van der Waals surface area contributed by atoms with E-state index in [-0.39, 0.29) is 39.5 Å². The fourth-order valence-electron chi connectivity index (χ4n) is 2.86. The summed E-state index contributed by atoms with van der Waals surface area (Å²) in [6.45, 7) is 8.87. The van der Waals surface area contributed by atoms with Crippen LogP contribution < -0.4 is 34.0 Å². The van der Waals surface area contributed by atoms with Crippen LogP contribution in [0.1, 0.15) is 25.0 Å². The van der Waals surface area contributed by atoms with Crippen molar-refractivity contribution in [1.29, 1.82) is 0 Å². The van der Waals surface area contributed by atoms with E-state index in [2.05, 4.69) is 100 Å². The molecule has 0 radical (unpaired) electrons. The van der Waals surface area contributed by atoms with Gasteiger partial charge in [-0.1, -0.05) is 26.0 Å². The van der Waals surface area contributed by atoms with Crippen molar-refractivity contribution in [2.75, 3.05) is 0 Å². The molecule has 0 aliphatic rings. The summed E-state index contributed by atoms with van der Waals surface area (Å²) in [5, 5.41) is 5.39. The van der Waals surface area contributed by atoms with Crippen LogP contribution in [-0.2, 0) is 23.0 Å². The molecular formula is C24H28Br2HfSi-2. The van der Waals surface area contributed by atoms with Gasteiger partial charge in [0.1, 0.15) is 0 Å². The number of halogens is 2.